The molecule has 8 aromatic carbocycles. The van der Waals surface area contributed by atoms with Crippen molar-refractivity contribution in [1.29, 1.82) is 5.41 Å². The highest BCUT2D eigenvalue weighted by Gasteiger charge is 2.18. The molecule has 0 radical (unpaired) electrons. The van der Waals surface area contributed by atoms with Crippen molar-refractivity contribution in [2.24, 2.45) is 10.7 Å². The van der Waals surface area contributed by atoms with Gasteiger partial charge in [0.25, 0.3) is 0 Å². The van der Waals surface area contributed by atoms with Crippen LogP contribution in [0.5, 0.6) is 0 Å². The third kappa shape index (κ3) is 6.19. The number of hydrogen-bond donors (Lipinski definition) is 2. The fourth-order valence-corrected chi connectivity index (χ4v) is 7.83. The monoisotopic (exact) mass is 737 g/mol. The van der Waals surface area contributed by atoms with Crippen LogP contribution in [0.25, 0.3) is 88.1 Å². The van der Waals surface area contributed by atoms with Crippen molar-refractivity contribution >= 4 is 77.9 Å². The number of nitrogens with one attached hydrogen (secondary N) is 1. The molecule has 0 fully saturated rings. The summed E-state index contributed by atoms with van der Waals surface area (Å²) < 4.78 is 18.9. The average molecular weight is 738 g/mol. The van der Waals surface area contributed by atoms with E-state index in [-0.39, 0.29) is 5.84 Å². The van der Waals surface area contributed by atoms with E-state index in [2.05, 4.69) is 109 Å². The van der Waals surface area contributed by atoms with E-state index in [1.165, 1.54) is 5.56 Å². The first-order valence-electron chi connectivity index (χ1n) is 18.8. The Labute approximate surface area is 327 Å². The first kappa shape index (κ1) is 33.8. The molecule has 3 aromatic heterocycles. The number of nitrogens with two attached hydrogens (primary N) is 1. The normalized spacial score (nSPS) is 11.6. The number of nitrogen functional groups attached to an aromatic ring is 1. The summed E-state index contributed by atoms with van der Waals surface area (Å²) in [6.07, 6.45) is 1.96. The second kappa shape index (κ2) is 14.2. The topological polar surface area (TPSA) is 102 Å². The Morgan fingerprint density at radius 2 is 1.05 bits per heavy atom. The highest BCUT2D eigenvalue weighted by Crippen LogP contribution is 2.43. The van der Waals surface area contributed by atoms with Crippen molar-refractivity contribution in [3.8, 4) is 22.3 Å². The Morgan fingerprint density at radius 3 is 1.79 bits per heavy atom. The average Bonchev–Trinajstić information content (AvgIpc) is 3.95. The minimum Gasteiger partial charge on any atom is -0.456 e. The number of para-hydroxylation sites is 1. The molecule has 3 N–H and O–H groups in total. The first-order valence-corrected chi connectivity index (χ1v) is 18.8. The Morgan fingerprint density at radius 1 is 0.474 bits per heavy atom. The third-order valence-electron chi connectivity index (χ3n) is 10.5. The summed E-state index contributed by atoms with van der Waals surface area (Å²) in [6.45, 7) is 0.545. The van der Waals surface area contributed by atoms with Crippen LogP contribution in [0.4, 0.5) is 0 Å². The molecule has 0 unspecified atom stereocenters. The van der Waals surface area contributed by atoms with E-state index < -0.39 is 0 Å². The summed E-state index contributed by atoms with van der Waals surface area (Å²) in [5, 5.41) is 13.6. The predicted molar refractivity (Wildman–Crippen MR) is 234 cm³/mol. The maximum atomic E-state index is 7.01. The lowest BCUT2D eigenvalue weighted by Crippen LogP contribution is -2.10. The fourth-order valence-electron chi connectivity index (χ4n) is 7.83. The number of amidine groups is 1. The summed E-state index contributed by atoms with van der Waals surface area (Å²) in [6, 6.07) is 59.5. The number of hydrogen-bond acceptors (Lipinski definition) is 5. The maximum absolute atomic E-state index is 7.01. The van der Waals surface area contributed by atoms with Crippen molar-refractivity contribution in [3.05, 3.63) is 193 Å². The zero-order valence-corrected chi connectivity index (χ0v) is 30.8. The van der Waals surface area contributed by atoms with Gasteiger partial charge in [0.1, 0.15) is 39.3 Å². The van der Waals surface area contributed by atoms with Gasteiger partial charge in [-0.05, 0) is 70.3 Å². The van der Waals surface area contributed by atoms with Gasteiger partial charge in [-0.25, -0.2) is 0 Å². The van der Waals surface area contributed by atoms with Crippen LogP contribution in [0.3, 0.4) is 0 Å². The van der Waals surface area contributed by atoms with Crippen LogP contribution in [-0.2, 0) is 6.54 Å². The number of rotatable bonds is 6. The van der Waals surface area contributed by atoms with Crippen LogP contribution >= 0.6 is 0 Å². The lowest BCUT2D eigenvalue weighted by Gasteiger charge is -2.07. The van der Waals surface area contributed by atoms with Crippen LogP contribution in [0, 0.1) is 5.41 Å². The van der Waals surface area contributed by atoms with Crippen molar-refractivity contribution in [1.82, 2.24) is 0 Å². The van der Waals surface area contributed by atoms with E-state index in [1.807, 2.05) is 72.9 Å². The molecule has 0 aliphatic heterocycles. The zero-order chi connectivity index (χ0) is 38.3. The lowest BCUT2D eigenvalue weighted by molar-refractivity contribution is 0.668. The molecule has 6 nitrogen and oxygen atoms in total. The summed E-state index contributed by atoms with van der Waals surface area (Å²) in [5.74, 6) is 0.121. The van der Waals surface area contributed by atoms with E-state index in [9.17, 15) is 0 Å². The number of benzene rings is 8. The van der Waals surface area contributed by atoms with E-state index >= 15 is 0 Å². The van der Waals surface area contributed by atoms with Gasteiger partial charge in [-0.15, -0.1) is 0 Å². The molecule has 0 amide bonds. The van der Waals surface area contributed by atoms with E-state index in [4.69, 9.17) is 29.4 Å². The number of nitrogens with zero attached hydrogens (tertiary/aromatic N) is 1. The molecular formula is C51H35N3O3. The Hall–Kier alpha value is -7.70. The molecule has 11 rings (SSSR count). The van der Waals surface area contributed by atoms with Crippen LogP contribution in [0.1, 0.15) is 16.7 Å². The zero-order valence-electron chi connectivity index (χ0n) is 30.8. The quantitative estimate of drug-likeness (QED) is 0.131. The molecule has 11 aromatic rings. The van der Waals surface area contributed by atoms with Gasteiger partial charge in [-0.3, -0.25) is 10.4 Å². The van der Waals surface area contributed by atoms with Gasteiger partial charge in [-0.1, -0.05) is 133 Å². The van der Waals surface area contributed by atoms with Crippen molar-refractivity contribution in [2.45, 2.75) is 6.54 Å². The summed E-state index contributed by atoms with van der Waals surface area (Å²) in [4.78, 5) is 4.88. The fraction of sp³-hybridized carbons (Fsp3) is 0.0196. The van der Waals surface area contributed by atoms with Gasteiger partial charge in [0, 0.05) is 49.7 Å². The third-order valence-corrected chi connectivity index (χ3v) is 10.5. The first-order chi connectivity index (χ1) is 28.1. The summed E-state index contributed by atoms with van der Waals surface area (Å²) >= 11 is 0. The Balaban J connectivity index is 0.000000391. The highest BCUT2D eigenvalue weighted by atomic mass is 16.3. The van der Waals surface area contributed by atoms with Crippen LogP contribution in [-0.4, -0.2) is 12.1 Å². The minimum atomic E-state index is 0.121. The maximum Gasteiger partial charge on any atom is 0.136 e. The molecule has 3 heterocycles. The molecule has 0 spiro atoms. The molecule has 0 saturated heterocycles. The van der Waals surface area contributed by atoms with Gasteiger partial charge in [0.15, 0.2) is 0 Å². The van der Waals surface area contributed by atoms with Gasteiger partial charge in [0.05, 0.1) is 6.54 Å². The van der Waals surface area contributed by atoms with Gasteiger partial charge >= 0.3 is 0 Å². The van der Waals surface area contributed by atoms with Gasteiger partial charge < -0.3 is 19.0 Å². The molecular weight excluding hydrogens is 703 g/mol. The molecule has 6 heteroatoms. The Bertz CT molecular complexity index is 3300. The molecule has 272 valence electrons. The lowest BCUT2D eigenvalue weighted by atomic mass is 9.94. The predicted octanol–water partition coefficient (Wildman–Crippen LogP) is 13.3. The number of fused-ring (bicyclic) bond motifs is 9. The van der Waals surface area contributed by atoms with Crippen LogP contribution in [0.15, 0.2) is 194 Å². The highest BCUT2D eigenvalue weighted by molar-refractivity contribution is 6.19. The second-order valence-corrected chi connectivity index (χ2v) is 14.0. The van der Waals surface area contributed by atoms with Crippen molar-refractivity contribution in [3.63, 3.8) is 0 Å². The van der Waals surface area contributed by atoms with E-state index in [0.717, 1.165) is 99.2 Å². The number of aliphatic imine (C=N–C) groups is 1. The molecule has 0 aliphatic rings. The summed E-state index contributed by atoms with van der Waals surface area (Å²) in [7, 11) is 0. The van der Waals surface area contributed by atoms with Gasteiger partial charge in [0.2, 0.25) is 0 Å². The largest absolute Gasteiger partial charge is 0.456 e. The van der Waals surface area contributed by atoms with Crippen molar-refractivity contribution in [2.75, 3.05) is 0 Å². The molecule has 57 heavy (non-hydrogen) atoms. The molecule has 0 atom stereocenters. The van der Waals surface area contributed by atoms with Gasteiger partial charge in [-0.2, -0.15) is 0 Å². The molecule has 0 bridgehead atoms. The SMILES string of the molecule is C(=NCc1ccc2c(c1)oc1ccccc12)c1cccc2oc3ccc(-c4cccc5oc6cccc(-c7ccccc7)c6c45)cc3c12.N=C(N)c1ccccc1. The minimum absolute atomic E-state index is 0.121. The van der Waals surface area contributed by atoms with Crippen molar-refractivity contribution < 1.29 is 13.3 Å². The standard InChI is InChI=1S/C44H27NO3.C7H8N2/c1-2-9-28(10-3-1)31-13-7-17-39-43(31)44-32(14-8-18-40(44)48-39)29-20-22-37-35(24-29)42-30(11-6-16-38(42)46-37)26-45-25-27-19-21-34-33-12-4-5-15-36(33)47-41(34)23-27;8-7(9)6-4-2-1-3-5-6/h1-24,26H,25H2;1-5H,(H3,8,9). The second-order valence-electron chi connectivity index (χ2n) is 14.0. The van der Waals surface area contributed by atoms with Crippen LogP contribution < -0.4 is 5.73 Å². The number of furan rings is 3. The van der Waals surface area contributed by atoms with E-state index in [1.54, 1.807) is 0 Å². The molecule has 0 aliphatic carbocycles. The smallest absolute Gasteiger partial charge is 0.136 e. The Kier molecular flexibility index (Phi) is 8.42. The summed E-state index contributed by atoms with van der Waals surface area (Å²) in [5.41, 5.74) is 17.9. The van der Waals surface area contributed by atoms with E-state index in [0.29, 0.717) is 6.54 Å². The van der Waals surface area contributed by atoms with Crippen LogP contribution in [0.2, 0.25) is 0 Å². The molecule has 0 saturated carbocycles.